The van der Waals surface area contributed by atoms with Crippen LogP contribution in [0.25, 0.3) is 10.2 Å². The molecule has 6 nitrogen and oxygen atoms in total. The van der Waals surface area contributed by atoms with Crippen molar-refractivity contribution in [3.8, 4) is 0 Å². The van der Waals surface area contributed by atoms with Crippen LogP contribution < -0.4 is 15.8 Å². The highest BCUT2D eigenvalue weighted by Gasteiger charge is 2.49. The number of hydrazine groups is 1. The molecule has 0 saturated carbocycles. The second kappa shape index (κ2) is 7.29. The van der Waals surface area contributed by atoms with E-state index >= 15 is 0 Å². The second-order valence-electron chi connectivity index (χ2n) is 6.89. The van der Waals surface area contributed by atoms with Crippen molar-refractivity contribution in [1.29, 1.82) is 0 Å². The molecule has 0 spiro atoms. The van der Waals surface area contributed by atoms with Gasteiger partial charge in [0.15, 0.2) is 4.34 Å². The van der Waals surface area contributed by atoms with Crippen LogP contribution in [0.4, 0.5) is 5.69 Å². The summed E-state index contributed by atoms with van der Waals surface area (Å²) >= 11 is 3.32. The molecular weight excluding hydrogens is 392 g/mol. The highest BCUT2D eigenvalue weighted by Crippen LogP contribution is 2.32. The lowest BCUT2D eigenvalue weighted by Gasteiger charge is -2.30. The molecule has 3 atom stereocenters. The average Bonchev–Trinajstić information content (AvgIpc) is 3.28. The van der Waals surface area contributed by atoms with Gasteiger partial charge in [0.2, 0.25) is 0 Å². The lowest BCUT2D eigenvalue weighted by Crippen LogP contribution is -2.56. The third kappa shape index (κ3) is 3.22. The predicted octanol–water partition coefficient (Wildman–Crippen LogP) is 2.81. The van der Waals surface area contributed by atoms with Gasteiger partial charge >= 0.3 is 0 Å². The predicted molar refractivity (Wildman–Crippen MR) is 111 cm³/mol. The van der Waals surface area contributed by atoms with Gasteiger partial charge in [0.1, 0.15) is 11.7 Å². The minimum atomic E-state index is -0.663. The number of amides is 1. The lowest BCUT2D eigenvalue weighted by molar-refractivity contribution is -0.133. The zero-order valence-corrected chi connectivity index (χ0v) is 16.5. The first-order valence-corrected chi connectivity index (χ1v) is 10.9. The Bertz CT molecular complexity index is 1010. The molecule has 8 heteroatoms. The van der Waals surface area contributed by atoms with Crippen LogP contribution in [0.3, 0.4) is 0 Å². The van der Waals surface area contributed by atoms with E-state index in [-0.39, 0.29) is 23.9 Å². The van der Waals surface area contributed by atoms with Crippen molar-refractivity contribution < 1.29 is 9.59 Å². The molecule has 3 heterocycles. The molecule has 5 rings (SSSR count). The van der Waals surface area contributed by atoms with Crippen LogP contribution in [-0.2, 0) is 9.59 Å². The number of para-hydroxylation sites is 2. The van der Waals surface area contributed by atoms with E-state index < -0.39 is 5.92 Å². The number of nitrogens with zero attached hydrogens (tertiary/aromatic N) is 2. The van der Waals surface area contributed by atoms with Crippen molar-refractivity contribution in [1.82, 2.24) is 15.7 Å². The number of anilines is 1. The molecule has 2 aliphatic rings. The fourth-order valence-corrected chi connectivity index (χ4v) is 5.80. The molecule has 3 aromatic rings. The van der Waals surface area contributed by atoms with Crippen molar-refractivity contribution in [2.45, 2.75) is 23.0 Å². The van der Waals surface area contributed by atoms with Gasteiger partial charge in [0, 0.05) is 18.2 Å². The van der Waals surface area contributed by atoms with Crippen molar-refractivity contribution in [3.05, 3.63) is 54.6 Å². The summed E-state index contributed by atoms with van der Waals surface area (Å²) < 4.78 is 2.17. The Balaban J connectivity index is 1.27. The lowest BCUT2D eigenvalue weighted by atomic mass is 9.91. The maximum Gasteiger partial charge on any atom is 0.255 e. The first kappa shape index (κ1) is 17.8. The summed E-state index contributed by atoms with van der Waals surface area (Å²) in [4.78, 5) is 30.0. The van der Waals surface area contributed by atoms with E-state index in [1.165, 1.54) is 9.71 Å². The van der Waals surface area contributed by atoms with Crippen molar-refractivity contribution in [2.24, 2.45) is 5.92 Å². The Morgan fingerprint density at radius 1 is 1.11 bits per heavy atom. The molecule has 1 amide bonds. The number of carbonyl (C=O) groups excluding carboxylic acids is 2. The fraction of sp³-hybridized carbons (Fsp3) is 0.250. The van der Waals surface area contributed by atoms with E-state index in [2.05, 4.69) is 21.8 Å². The molecular formula is C20H18N4O2S2. The van der Waals surface area contributed by atoms with Crippen LogP contribution in [0.2, 0.25) is 0 Å². The van der Waals surface area contributed by atoms with Gasteiger partial charge in [-0.15, -0.1) is 11.3 Å². The second-order valence-corrected chi connectivity index (χ2v) is 9.18. The summed E-state index contributed by atoms with van der Waals surface area (Å²) in [6.45, 7) is 0. The Hall–Kier alpha value is -2.26. The van der Waals surface area contributed by atoms with Crippen molar-refractivity contribution in [3.63, 3.8) is 0 Å². The fourth-order valence-electron chi connectivity index (χ4n) is 3.67. The van der Waals surface area contributed by atoms with Gasteiger partial charge in [-0.2, -0.15) is 0 Å². The van der Waals surface area contributed by atoms with E-state index in [1.54, 1.807) is 23.1 Å². The van der Waals surface area contributed by atoms with Gasteiger partial charge in [-0.25, -0.2) is 15.4 Å². The highest BCUT2D eigenvalue weighted by molar-refractivity contribution is 8.01. The van der Waals surface area contributed by atoms with Gasteiger partial charge in [0.25, 0.3) is 5.91 Å². The number of benzene rings is 2. The summed E-state index contributed by atoms with van der Waals surface area (Å²) in [6, 6.07) is 17.4. The summed E-state index contributed by atoms with van der Waals surface area (Å²) in [7, 11) is 0. The van der Waals surface area contributed by atoms with Gasteiger partial charge in [-0.05, 0) is 24.3 Å². The molecule has 2 fully saturated rings. The van der Waals surface area contributed by atoms with Gasteiger partial charge < -0.3 is 0 Å². The molecule has 28 heavy (non-hydrogen) atoms. The normalized spacial score (nSPS) is 24.7. The number of piperidine rings is 1. The molecule has 0 bridgehead atoms. The first-order chi connectivity index (χ1) is 13.7. The largest absolute Gasteiger partial charge is 0.299 e. The summed E-state index contributed by atoms with van der Waals surface area (Å²) in [5, 5.41) is 4.93. The van der Waals surface area contributed by atoms with E-state index in [4.69, 9.17) is 0 Å². The number of rotatable bonds is 4. The van der Waals surface area contributed by atoms with Crippen LogP contribution in [0.1, 0.15) is 6.42 Å². The van der Waals surface area contributed by atoms with E-state index in [1.807, 2.05) is 48.5 Å². The van der Waals surface area contributed by atoms with E-state index in [9.17, 15) is 9.59 Å². The molecule has 2 N–H and O–H groups in total. The van der Waals surface area contributed by atoms with Crippen molar-refractivity contribution >= 4 is 50.7 Å². The number of thioether (sulfide) groups is 1. The van der Waals surface area contributed by atoms with Crippen LogP contribution in [0.15, 0.2) is 58.9 Å². The van der Waals surface area contributed by atoms with Gasteiger partial charge in [-0.1, -0.05) is 42.1 Å². The molecule has 2 saturated heterocycles. The van der Waals surface area contributed by atoms with Crippen LogP contribution in [-0.4, -0.2) is 34.6 Å². The SMILES string of the molecule is O=C1CC(CSc2nc3ccccc3s2)NC2NN(c3ccccc3)C(=O)C12. The molecule has 0 radical (unpaired) electrons. The molecule has 2 aliphatic heterocycles. The number of fused-ring (bicyclic) bond motifs is 2. The summed E-state index contributed by atoms with van der Waals surface area (Å²) in [5.74, 6) is -0.125. The number of aromatic nitrogens is 1. The smallest absolute Gasteiger partial charge is 0.255 e. The molecule has 2 aromatic carbocycles. The average molecular weight is 411 g/mol. The number of Topliss-reactive ketones (excluding diaryl/α,β-unsaturated/α-hetero) is 1. The third-order valence-electron chi connectivity index (χ3n) is 4.99. The molecule has 1 aromatic heterocycles. The Labute approximate surface area is 170 Å². The standard InChI is InChI=1S/C20H18N4O2S2/c25-15-10-12(11-27-20-22-14-8-4-5-9-16(14)28-20)21-18-17(15)19(26)24(23-18)13-6-2-1-3-7-13/h1-9,12,17-18,21,23H,10-11H2. The molecule has 3 unspecified atom stereocenters. The molecule has 142 valence electrons. The molecule has 0 aliphatic carbocycles. The quantitative estimate of drug-likeness (QED) is 0.509. The van der Waals surface area contributed by atoms with Crippen LogP contribution in [0.5, 0.6) is 0 Å². The monoisotopic (exact) mass is 410 g/mol. The number of carbonyl (C=O) groups is 2. The highest BCUT2D eigenvalue weighted by atomic mass is 32.2. The van der Waals surface area contributed by atoms with E-state index in [0.717, 1.165) is 21.3 Å². The third-order valence-corrected chi connectivity index (χ3v) is 7.34. The number of nitrogens with one attached hydrogen (secondary N) is 2. The number of thiazole rings is 1. The summed E-state index contributed by atoms with van der Waals surface area (Å²) in [6.07, 6.45) is -0.00955. The minimum Gasteiger partial charge on any atom is -0.299 e. The maximum atomic E-state index is 12.7. The first-order valence-electron chi connectivity index (χ1n) is 9.11. The number of hydrogen-bond acceptors (Lipinski definition) is 7. The minimum absolute atomic E-state index is 0.00165. The Morgan fingerprint density at radius 3 is 2.71 bits per heavy atom. The Morgan fingerprint density at radius 2 is 1.89 bits per heavy atom. The number of ketones is 1. The van der Waals surface area contributed by atoms with Crippen LogP contribution in [0, 0.1) is 5.92 Å². The van der Waals surface area contributed by atoms with E-state index in [0.29, 0.717) is 6.42 Å². The van der Waals surface area contributed by atoms with Gasteiger partial charge in [-0.3, -0.25) is 14.9 Å². The van der Waals surface area contributed by atoms with Crippen molar-refractivity contribution in [2.75, 3.05) is 10.8 Å². The van der Waals surface area contributed by atoms with Crippen LogP contribution >= 0.6 is 23.1 Å². The topological polar surface area (TPSA) is 74.3 Å². The zero-order chi connectivity index (χ0) is 19.1. The zero-order valence-electron chi connectivity index (χ0n) is 14.9. The summed E-state index contributed by atoms with van der Waals surface area (Å²) in [5.41, 5.74) is 4.92. The number of hydrogen-bond donors (Lipinski definition) is 2. The van der Waals surface area contributed by atoms with Gasteiger partial charge in [0.05, 0.1) is 22.1 Å². The maximum absolute atomic E-state index is 12.7. The Kier molecular flexibility index (Phi) is 4.64.